The van der Waals surface area contributed by atoms with Crippen LogP contribution in [0.4, 0.5) is 5.69 Å². The van der Waals surface area contributed by atoms with Gasteiger partial charge >= 0.3 is 11.9 Å². The number of nitrogens with zero attached hydrogens (tertiary/aromatic N) is 1. The molecular formula is C30H28N2O5S2. The lowest BCUT2D eigenvalue weighted by atomic mass is 9.85. The molecule has 0 atom stereocenters. The zero-order valence-corrected chi connectivity index (χ0v) is 23.9. The van der Waals surface area contributed by atoms with Gasteiger partial charge in [-0.1, -0.05) is 12.1 Å². The highest BCUT2D eigenvalue weighted by atomic mass is 32.1. The summed E-state index contributed by atoms with van der Waals surface area (Å²) in [5.74, 6) is -0.0397. The molecule has 1 aliphatic rings. The molecule has 0 radical (unpaired) electrons. The Labute approximate surface area is 235 Å². The summed E-state index contributed by atoms with van der Waals surface area (Å²) >= 11 is 2.73. The maximum Gasteiger partial charge on any atom is 0.363 e. The van der Waals surface area contributed by atoms with Crippen LogP contribution in [-0.2, 0) is 11.3 Å². The van der Waals surface area contributed by atoms with E-state index in [4.69, 9.17) is 14.2 Å². The van der Waals surface area contributed by atoms with Gasteiger partial charge in [0.25, 0.3) is 0 Å². The van der Waals surface area contributed by atoms with Crippen LogP contribution in [0.1, 0.15) is 56.9 Å². The second-order valence-corrected chi connectivity index (χ2v) is 11.8. The Balaban J connectivity index is 1.54. The lowest BCUT2D eigenvalue weighted by Crippen LogP contribution is -2.32. The maximum absolute atomic E-state index is 12.9. The Kier molecular flexibility index (Phi) is 7.29. The summed E-state index contributed by atoms with van der Waals surface area (Å²) in [7, 11) is 1.57. The number of aromatic nitrogens is 1. The fourth-order valence-corrected chi connectivity index (χ4v) is 6.07. The minimum absolute atomic E-state index is 0.0747. The van der Waals surface area contributed by atoms with Crippen molar-refractivity contribution in [3.8, 4) is 22.6 Å². The Hall–Kier alpha value is -3.95. The Morgan fingerprint density at radius 3 is 2.51 bits per heavy atom. The number of rotatable bonds is 7. The molecule has 3 heterocycles. The van der Waals surface area contributed by atoms with Crippen LogP contribution < -0.4 is 14.8 Å². The van der Waals surface area contributed by atoms with Crippen molar-refractivity contribution in [2.75, 3.05) is 12.4 Å². The molecule has 0 bridgehead atoms. The molecule has 5 rings (SSSR count). The van der Waals surface area contributed by atoms with Crippen molar-refractivity contribution in [3.63, 3.8) is 0 Å². The van der Waals surface area contributed by atoms with Crippen LogP contribution in [0, 0.1) is 6.92 Å². The number of carbonyl (C=O) groups is 2. The van der Waals surface area contributed by atoms with Gasteiger partial charge in [-0.15, -0.1) is 22.7 Å². The molecule has 200 valence electrons. The van der Waals surface area contributed by atoms with E-state index in [1.54, 1.807) is 36.2 Å². The van der Waals surface area contributed by atoms with Crippen LogP contribution in [0.3, 0.4) is 0 Å². The molecule has 2 aromatic carbocycles. The van der Waals surface area contributed by atoms with Crippen LogP contribution >= 0.6 is 22.7 Å². The average molecular weight is 561 g/mol. The smallest absolute Gasteiger partial charge is 0.363 e. The second kappa shape index (κ2) is 10.7. The van der Waals surface area contributed by atoms with Gasteiger partial charge in [0.05, 0.1) is 18.2 Å². The SMILES string of the molecule is COc1cc(OC(=O)c2cscn2)ccc1-c1ccc2c(c1COC(=O)c1ccc(C)s1)C(C)=CC(C)(C)N2. The first kappa shape index (κ1) is 26.6. The van der Waals surface area contributed by atoms with E-state index in [-0.39, 0.29) is 23.8 Å². The number of anilines is 1. The standard InChI is InChI=1S/C30H28N2O5S2/c1-17-13-30(3,4)32-23-10-9-20(22(27(17)23)14-36-29(34)26-11-6-18(2)39-26)21-8-7-19(12-25(21)35-5)37-28(33)24-15-38-16-31-24/h6-13,15-16,32H,14H2,1-5H3. The maximum atomic E-state index is 12.9. The van der Waals surface area contributed by atoms with Gasteiger partial charge in [-0.25, -0.2) is 14.6 Å². The summed E-state index contributed by atoms with van der Waals surface area (Å²) in [6.07, 6.45) is 2.17. The highest BCUT2D eigenvalue weighted by Crippen LogP contribution is 2.43. The number of benzene rings is 2. The van der Waals surface area contributed by atoms with Gasteiger partial charge in [-0.2, -0.15) is 0 Å². The van der Waals surface area contributed by atoms with E-state index >= 15 is 0 Å². The van der Waals surface area contributed by atoms with E-state index in [0.29, 0.717) is 16.4 Å². The molecule has 0 unspecified atom stereocenters. The van der Waals surface area contributed by atoms with Crippen LogP contribution in [0.25, 0.3) is 16.7 Å². The molecule has 1 aliphatic heterocycles. The van der Waals surface area contributed by atoms with Crippen LogP contribution in [0.15, 0.2) is 59.4 Å². The summed E-state index contributed by atoms with van der Waals surface area (Å²) in [5.41, 5.74) is 7.14. The second-order valence-electron chi connectivity index (χ2n) is 9.80. The van der Waals surface area contributed by atoms with Gasteiger partial charge in [0, 0.05) is 38.7 Å². The number of aryl methyl sites for hydroxylation is 1. The first-order chi connectivity index (χ1) is 18.6. The summed E-state index contributed by atoms with van der Waals surface area (Å²) in [5, 5.41) is 5.21. The predicted octanol–water partition coefficient (Wildman–Crippen LogP) is 7.37. The van der Waals surface area contributed by atoms with E-state index in [1.807, 2.05) is 31.2 Å². The lowest BCUT2D eigenvalue weighted by molar-refractivity contribution is 0.0478. The van der Waals surface area contributed by atoms with Crippen molar-refractivity contribution < 1.29 is 23.8 Å². The van der Waals surface area contributed by atoms with Crippen molar-refractivity contribution >= 4 is 45.9 Å². The van der Waals surface area contributed by atoms with E-state index < -0.39 is 5.97 Å². The molecule has 0 saturated heterocycles. The van der Waals surface area contributed by atoms with Crippen LogP contribution in [0.2, 0.25) is 0 Å². The summed E-state index contributed by atoms with van der Waals surface area (Å²) < 4.78 is 17.1. The average Bonchev–Trinajstić information content (AvgIpc) is 3.58. The minimum Gasteiger partial charge on any atom is -0.496 e. The highest BCUT2D eigenvalue weighted by Gasteiger charge is 2.27. The third-order valence-corrected chi connectivity index (χ3v) is 7.91. The third-order valence-electron chi connectivity index (χ3n) is 6.35. The van der Waals surface area contributed by atoms with Crippen molar-refractivity contribution in [1.29, 1.82) is 0 Å². The fourth-order valence-electron chi connectivity index (χ4n) is 4.78. The van der Waals surface area contributed by atoms with E-state index in [2.05, 4.69) is 37.1 Å². The largest absolute Gasteiger partial charge is 0.496 e. The van der Waals surface area contributed by atoms with Gasteiger partial charge in [0.2, 0.25) is 0 Å². The lowest BCUT2D eigenvalue weighted by Gasteiger charge is -2.33. The number of methoxy groups -OCH3 is 1. The van der Waals surface area contributed by atoms with Crippen molar-refractivity contribution in [1.82, 2.24) is 4.98 Å². The number of thiazole rings is 1. The number of ether oxygens (including phenoxy) is 3. The number of esters is 2. The van der Waals surface area contributed by atoms with Gasteiger partial charge < -0.3 is 19.5 Å². The Morgan fingerprint density at radius 1 is 1.03 bits per heavy atom. The van der Waals surface area contributed by atoms with Gasteiger partial charge in [0.1, 0.15) is 23.0 Å². The molecule has 0 spiro atoms. The zero-order valence-electron chi connectivity index (χ0n) is 22.3. The van der Waals surface area contributed by atoms with Crippen molar-refractivity contribution in [3.05, 3.63) is 86.0 Å². The predicted molar refractivity (Wildman–Crippen MR) is 155 cm³/mol. The van der Waals surface area contributed by atoms with E-state index in [1.165, 1.54) is 22.7 Å². The summed E-state index contributed by atoms with van der Waals surface area (Å²) in [6.45, 7) is 8.32. The molecule has 0 amide bonds. The molecule has 4 aromatic rings. The highest BCUT2D eigenvalue weighted by molar-refractivity contribution is 7.13. The first-order valence-corrected chi connectivity index (χ1v) is 14.1. The molecule has 7 nitrogen and oxygen atoms in total. The number of hydrogen-bond acceptors (Lipinski definition) is 9. The molecular weight excluding hydrogens is 532 g/mol. The molecule has 0 fully saturated rings. The molecule has 2 aromatic heterocycles. The van der Waals surface area contributed by atoms with Gasteiger partial charge in [0.15, 0.2) is 5.69 Å². The molecule has 0 aliphatic carbocycles. The number of thiophene rings is 1. The number of nitrogens with one attached hydrogen (secondary N) is 1. The van der Waals surface area contributed by atoms with E-state index in [9.17, 15) is 9.59 Å². The quantitative estimate of drug-likeness (QED) is 0.186. The minimum atomic E-state index is -0.536. The fraction of sp³-hybridized carbons (Fsp3) is 0.233. The van der Waals surface area contributed by atoms with Crippen LogP contribution in [0.5, 0.6) is 11.5 Å². The topological polar surface area (TPSA) is 86.8 Å². The van der Waals surface area contributed by atoms with Crippen LogP contribution in [-0.4, -0.2) is 29.6 Å². The Morgan fingerprint density at radius 2 is 1.82 bits per heavy atom. The van der Waals surface area contributed by atoms with E-state index in [0.717, 1.165) is 38.4 Å². The number of carbonyl (C=O) groups excluding carboxylic acids is 2. The first-order valence-electron chi connectivity index (χ1n) is 12.3. The zero-order chi connectivity index (χ0) is 27.7. The molecule has 39 heavy (non-hydrogen) atoms. The number of allylic oxidation sites excluding steroid dienone is 1. The normalized spacial score (nSPS) is 13.6. The van der Waals surface area contributed by atoms with Crippen molar-refractivity contribution in [2.24, 2.45) is 0 Å². The Bertz CT molecular complexity index is 1580. The summed E-state index contributed by atoms with van der Waals surface area (Å²) in [4.78, 5) is 30.9. The molecule has 9 heteroatoms. The third kappa shape index (κ3) is 5.60. The van der Waals surface area contributed by atoms with Gasteiger partial charge in [-0.3, -0.25) is 0 Å². The molecule has 1 N–H and O–H groups in total. The summed E-state index contributed by atoms with van der Waals surface area (Å²) in [6, 6.07) is 13.0. The molecule has 0 saturated carbocycles. The van der Waals surface area contributed by atoms with Gasteiger partial charge in [-0.05, 0) is 69.2 Å². The number of fused-ring (bicyclic) bond motifs is 1. The monoisotopic (exact) mass is 560 g/mol. The number of hydrogen-bond donors (Lipinski definition) is 1. The van der Waals surface area contributed by atoms with Crippen molar-refractivity contribution in [2.45, 2.75) is 39.8 Å².